The molecule has 1 aromatic carbocycles. The van der Waals surface area contributed by atoms with Crippen molar-refractivity contribution in [2.24, 2.45) is 5.92 Å². The van der Waals surface area contributed by atoms with E-state index >= 15 is 0 Å². The highest BCUT2D eigenvalue weighted by molar-refractivity contribution is 5.86. The number of aliphatic carboxylic acids is 1. The molecule has 6 nitrogen and oxygen atoms in total. The van der Waals surface area contributed by atoms with Crippen LogP contribution in [-0.4, -0.2) is 37.3 Å². The molecule has 0 radical (unpaired) electrons. The van der Waals surface area contributed by atoms with Gasteiger partial charge in [-0.1, -0.05) is 12.1 Å². The molecule has 2 atom stereocenters. The maximum absolute atomic E-state index is 12.1. The van der Waals surface area contributed by atoms with Crippen molar-refractivity contribution in [1.82, 2.24) is 5.32 Å². The van der Waals surface area contributed by atoms with Crippen LogP contribution in [0, 0.1) is 5.92 Å². The van der Waals surface area contributed by atoms with E-state index in [-0.39, 0.29) is 11.8 Å². The molecule has 2 rings (SSSR count). The van der Waals surface area contributed by atoms with Crippen LogP contribution in [0.15, 0.2) is 24.3 Å². The van der Waals surface area contributed by atoms with Crippen LogP contribution in [0.2, 0.25) is 0 Å². The molecule has 1 heterocycles. The van der Waals surface area contributed by atoms with Crippen LogP contribution in [0.5, 0.6) is 5.75 Å². The second-order valence-corrected chi connectivity index (χ2v) is 4.97. The van der Waals surface area contributed by atoms with Gasteiger partial charge in [0.15, 0.2) is 6.04 Å². The van der Waals surface area contributed by atoms with Crippen LogP contribution >= 0.6 is 0 Å². The van der Waals surface area contributed by atoms with Crippen molar-refractivity contribution in [1.29, 1.82) is 0 Å². The molecule has 1 fully saturated rings. The summed E-state index contributed by atoms with van der Waals surface area (Å²) >= 11 is 0. The van der Waals surface area contributed by atoms with Gasteiger partial charge in [-0.15, -0.1) is 0 Å². The van der Waals surface area contributed by atoms with E-state index < -0.39 is 12.0 Å². The Bertz CT molecular complexity index is 493. The van der Waals surface area contributed by atoms with Crippen molar-refractivity contribution in [2.45, 2.75) is 18.9 Å². The highest BCUT2D eigenvalue weighted by Gasteiger charge is 2.27. The molecule has 1 saturated heterocycles. The van der Waals surface area contributed by atoms with Crippen molar-refractivity contribution >= 4 is 11.9 Å². The first-order valence-corrected chi connectivity index (χ1v) is 6.86. The maximum atomic E-state index is 12.1. The lowest BCUT2D eigenvalue weighted by molar-refractivity contribution is -0.143. The number of carboxylic acid groups (broad SMARTS) is 1. The minimum Gasteiger partial charge on any atom is -0.497 e. The van der Waals surface area contributed by atoms with Crippen molar-refractivity contribution < 1.29 is 24.2 Å². The molecule has 114 valence electrons. The number of hydrogen-bond donors (Lipinski definition) is 2. The standard InChI is InChI=1S/C15H19NO5/c1-20-12-6-4-10(5-7-12)13(15(18)19)16-14(17)11-3-2-8-21-9-11/h4-7,11,13H,2-3,8-9H2,1H3,(H,16,17)(H,18,19)/t11-,13+/m1/s1. The molecule has 0 bridgehead atoms. The average Bonchev–Trinajstić information content (AvgIpc) is 2.53. The van der Waals surface area contributed by atoms with Gasteiger partial charge < -0.3 is 19.9 Å². The molecule has 0 aliphatic carbocycles. The summed E-state index contributed by atoms with van der Waals surface area (Å²) in [4.78, 5) is 23.5. The SMILES string of the molecule is COc1ccc([C@H](NC(=O)[C@@H]2CCCOC2)C(=O)O)cc1. The molecule has 1 amide bonds. The van der Waals surface area contributed by atoms with Gasteiger partial charge in [-0.3, -0.25) is 4.79 Å². The van der Waals surface area contributed by atoms with E-state index in [4.69, 9.17) is 9.47 Å². The minimum absolute atomic E-state index is 0.279. The molecule has 0 spiro atoms. The van der Waals surface area contributed by atoms with Crippen molar-refractivity contribution in [3.63, 3.8) is 0 Å². The van der Waals surface area contributed by atoms with Crippen molar-refractivity contribution in [3.05, 3.63) is 29.8 Å². The Morgan fingerprint density at radius 2 is 2.10 bits per heavy atom. The summed E-state index contributed by atoms with van der Waals surface area (Å²) in [6, 6.07) is 5.54. The zero-order chi connectivity index (χ0) is 15.2. The largest absolute Gasteiger partial charge is 0.497 e. The molecule has 1 aliphatic rings. The fourth-order valence-corrected chi connectivity index (χ4v) is 2.29. The monoisotopic (exact) mass is 293 g/mol. The minimum atomic E-state index is -1.09. The third kappa shape index (κ3) is 3.95. The summed E-state index contributed by atoms with van der Waals surface area (Å²) < 4.78 is 10.3. The van der Waals surface area contributed by atoms with E-state index in [0.29, 0.717) is 24.5 Å². The van der Waals surface area contributed by atoms with Gasteiger partial charge in [0.2, 0.25) is 5.91 Å². The summed E-state index contributed by atoms with van der Waals surface area (Å²) in [5.41, 5.74) is 0.508. The first-order valence-electron chi connectivity index (χ1n) is 6.86. The van der Waals surface area contributed by atoms with E-state index in [0.717, 1.165) is 12.8 Å². The number of hydrogen-bond acceptors (Lipinski definition) is 4. The van der Waals surface area contributed by atoms with Crippen LogP contribution in [0.1, 0.15) is 24.4 Å². The first-order chi connectivity index (χ1) is 10.1. The van der Waals surface area contributed by atoms with Crippen LogP contribution < -0.4 is 10.1 Å². The Labute approximate surface area is 123 Å². The van der Waals surface area contributed by atoms with Crippen LogP contribution in [0.25, 0.3) is 0 Å². The predicted molar refractivity (Wildman–Crippen MR) is 75.1 cm³/mol. The van der Waals surface area contributed by atoms with Gasteiger partial charge in [0.25, 0.3) is 0 Å². The van der Waals surface area contributed by atoms with Crippen LogP contribution in [-0.2, 0) is 14.3 Å². The molecule has 6 heteroatoms. The van der Waals surface area contributed by atoms with E-state index in [1.54, 1.807) is 24.3 Å². The molecule has 0 saturated carbocycles. The zero-order valence-electron chi connectivity index (χ0n) is 11.9. The average molecular weight is 293 g/mol. The number of nitrogens with one attached hydrogen (secondary N) is 1. The smallest absolute Gasteiger partial charge is 0.330 e. The molecule has 1 aliphatic heterocycles. The van der Waals surface area contributed by atoms with Gasteiger partial charge in [0.1, 0.15) is 5.75 Å². The van der Waals surface area contributed by atoms with Crippen LogP contribution in [0.4, 0.5) is 0 Å². The molecule has 21 heavy (non-hydrogen) atoms. The number of carboxylic acids is 1. The van der Waals surface area contributed by atoms with E-state index in [1.165, 1.54) is 7.11 Å². The molecular weight excluding hydrogens is 274 g/mol. The van der Waals surface area contributed by atoms with Crippen LogP contribution in [0.3, 0.4) is 0 Å². The fraction of sp³-hybridized carbons (Fsp3) is 0.467. The number of carbonyl (C=O) groups is 2. The fourth-order valence-electron chi connectivity index (χ4n) is 2.29. The molecule has 1 aromatic rings. The van der Waals surface area contributed by atoms with Crippen molar-refractivity contribution in [3.8, 4) is 5.75 Å². The third-order valence-corrected chi connectivity index (χ3v) is 3.51. The first kappa shape index (κ1) is 15.3. The highest BCUT2D eigenvalue weighted by atomic mass is 16.5. The Morgan fingerprint density at radius 3 is 2.62 bits per heavy atom. The Balaban J connectivity index is 2.07. The number of carbonyl (C=O) groups excluding carboxylic acids is 1. The number of benzene rings is 1. The highest BCUT2D eigenvalue weighted by Crippen LogP contribution is 2.20. The Hall–Kier alpha value is -2.08. The van der Waals surface area contributed by atoms with E-state index in [1.807, 2.05) is 0 Å². The predicted octanol–water partition coefficient (Wildman–Crippen LogP) is 1.36. The Morgan fingerprint density at radius 1 is 1.38 bits per heavy atom. The molecule has 2 N–H and O–H groups in total. The quantitative estimate of drug-likeness (QED) is 0.856. The summed E-state index contributed by atoms with van der Waals surface area (Å²) in [6.45, 7) is 1.01. The van der Waals surface area contributed by atoms with E-state index in [9.17, 15) is 14.7 Å². The van der Waals surface area contributed by atoms with Gasteiger partial charge in [-0.2, -0.15) is 0 Å². The lowest BCUT2D eigenvalue weighted by Gasteiger charge is -2.23. The molecule has 0 aromatic heterocycles. The number of methoxy groups -OCH3 is 1. The summed E-state index contributed by atoms with van der Waals surface area (Å²) in [6.07, 6.45) is 1.54. The molecular formula is C15H19NO5. The summed E-state index contributed by atoms with van der Waals surface area (Å²) in [5.74, 6) is -1.02. The normalized spacial score (nSPS) is 19.6. The van der Waals surface area contributed by atoms with Gasteiger partial charge in [0, 0.05) is 6.61 Å². The second-order valence-electron chi connectivity index (χ2n) is 4.97. The lowest BCUT2D eigenvalue weighted by atomic mass is 10.00. The van der Waals surface area contributed by atoms with Gasteiger partial charge >= 0.3 is 5.97 Å². The number of ether oxygens (including phenoxy) is 2. The maximum Gasteiger partial charge on any atom is 0.330 e. The second kappa shape index (κ2) is 7.08. The third-order valence-electron chi connectivity index (χ3n) is 3.51. The van der Waals surface area contributed by atoms with Gasteiger partial charge in [-0.05, 0) is 30.5 Å². The lowest BCUT2D eigenvalue weighted by Crippen LogP contribution is -2.40. The van der Waals surface area contributed by atoms with Crippen molar-refractivity contribution in [2.75, 3.05) is 20.3 Å². The van der Waals surface area contributed by atoms with Gasteiger partial charge in [-0.25, -0.2) is 4.79 Å². The van der Waals surface area contributed by atoms with Gasteiger partial charge in [0.05, 0.1) is 19.6 Å². The number of rotatable bonds is 5. The molecule has 0 unspecified atom stereocenters. The summed E-state index contributed by atoms with van der Waals surface area (Å²) in [7, 11) is 1.54. The number of amides is 1. The van der Waals surface area contributed by atoms with E-state index in [2.05, 4.69) is 5.32 Å². The topological polar surface area (TPSA) is 84.9 Å². The summed E-state index contributed by atoms with van der Waals surface area (Å²) in [5, 5.41) is 11.9. The zero-order valence-corrected chi connectivity index (χ0v) is 11.9. The Kier molecular flexibility index (Phi) is 5.16.